The van der Waals surface area contributed by atoms with Crippen LogP contribution in [0.4, 0.5) is 4.79 Å². The maximum Gasteiger partial charge on any atom is 0.315 e. The second-order valence-electron chi connectivity index (χ2n) is 7.80. The number of rotatable bonds is 4. The van der Waals surface area contributed by atoms with Gasteiger partial charge in [-0.1, -0.05) is 6.42 Å². The van der Waals surface area contributed by atoms with Crippen LogP contribution in [0.1, 0.15) is 74.5 Å². The van der Waals surface area contributed by atoms with Crippen molar-refractivity contribution >= 4 is 17.4 Å². The number of nitrogens with zero attached hydrogens (tertiary/aromatic N) is 2. The van der Waals surface area contributed by atoms with Gasteiger partial charge in [0.2, 0.25) is 0 Å². The van der Waals surface area contributed by atoms with Crippen LogP contribution in [-0.4, -0.2) is 41.1 Å². The van der Waals surface area contributed by atoms with Crippen molar-refractivity contribution in [3.63, 3.8) is 0 Å². The van der Waals surface area contributed by atoms with E-state index in [1.807, 2.05) is 6.92 Å². The summed E-state index contributed by atoms with van der Waals surface area (Å²) < 4.78 is 0. The number of carbonyl (C=O) groups excluding carboxylic acids is 1. The summed E-state index contributed by atoms with van der Waals surface area (Å²) in [5.74, 6) is 0.684. The first-order valence-electron chi connectivity index (χ1n) is 9.34. The molecule has 3 fully saturated rings. The summed E-state index contributed by atoms with van der Waals surface area (Å²) >= 11 is 1.73. The average molecular weight is 349 g/mol. The van der Waals surface area contributed by atoms with E-state index in [-0.39, 0.29) is 12.1 Å². The first kappa shape index (κ1) is 16.3. The van der Waals surface area contributed by atoms with Gasteiger partial charge in [-0.3, -0.25) is 0 Å². The van der Waals surface area contributed by atoms with Crippen molar-refractivity contribution in [1.29, 1.82) is 0 Å². The van der Waals surface area contributed by atoms with E-state index in [9.17, 15) is 4.79 Å². The minimum absolute atomic E-state index is 0.0282. The number of nitrogens with one attached hydrogen (secondary N) is 2. The Labute approximate surface area is 148 Å². The van der Waals surface area contributed by atoms with Gasteiger partial charge < -0.3 is 15.5 Å². The van der Waals surface area contributed by atoms with Crippen molar-refractivity contribution in [3.8, 4) is 0 Å². The van der Waals surface area contributed by atoms with Crippen molar-refractivity contribution in [2.24, 2.45) is 0 Å². The zero-order chi connectivity index (χ0) is 16.7. The maximum atomic E-state index is 12.4. The second-order valence-corrected chi connectivity index (χ2v) is 8.69. The van der Waals surface area contributed by atoms with E-state index in [2.05, 4.69) is 28.0 Å². The van der Waals surface area contributed by atoms with Gasteiger partial charge in [0.25, 0.3) is 0 Å². The lowest BCUT2D eigenvalue weighted by Crippen LogP contribution is -2.56. The highest BCUT2D eigenvalue weighted by molar-refractivity contribution is 7.09. The molecule has 2 N–H and O–H groups in total. The highest BCUT2D eigenvalue weighted by Gasteiger charge is 2.36. The standard InChI is InChI=1S/C18H28N4OS/c1-11(16-10-24-17(21-16)12-6-7-12)19-18(23)20-13-8-14-4-3-5-15(9-13)22(14)2/h10-15H,3-9H2,1-2H3,(H2,19,20,23). The van der Waals surface area contributed by atoms with Crippen LogP contribution in [0.15, 0.2) is 5.38 Å². The molecule has 1 aromatic rings. The van der Waals surface area contributed by atoms with Gasteiger partial charge in [-0.25, -0.2) is 9.78 Å². The fraction of sp³-hybridized carbons (Fsp3) is 0.778. The summed E-state index contributed by atoms with van der Waals surface area (Å²) in [5.41, 5.74) is 0.997. The largest absolute Gasteiger partial charge is 0.335 e. The molecule has 2 amide bonds. The molecule has 0 aromatic carbocycles. The highest BCUT2D eigenvalue weighted by atomic mass is 32.1. The number of aromatic nitrogens is 1. The normalized spacial score (nSPS) is 31.5. The molecule has 132 valence electrons. The molecule has 3 heterocycles. The van der Waals surface area contributed by atoms with E-state index in [1.54, 1.807) is 11.3 Å². The van der Waals surface area contributed by atoms with Gasteiger partial charge in [0, 0.05) is 29.4 Å². The van der Waals surface area contributed by atoms with Gasteiger partial charge in [-0.2, -0.15) is 0 Å². The fourth-order valence-electron chi connectivity index (χ4n) is 4.25. The molecule has 2 saturated heterocycles. The number of thiazole rings is 1. The summed E-state index contributed by atoms with van der Waals surface area (Å²) in [5, 5.41) is 9.62. The molecule has 2 aliphatic heterocycles. The topological polar surface area (TPSA) is 57.3 Å². The molecule has 4 rings (SSSR count). The predicted molar refractivity (Wildman–Crippen MR) is 96.4 cm³/mol. The molecule has 6 heteroatoms. The van der Waals surface area contributed by atoms with Gasteiger partial charge in [-0.05, 0) is 52.5 Å². The molecule has 3 aliphatic rings. The van der Waals surface area contributed by atoms with Crippen LogP contribution >= 0.6 is 11.3 Å². The second kappa shape index (κ2) is 6.64. The third-order valence-electron chi connectivity index (χ3n) is 5.93. The van der Waals surface area contributed by atoms with Gasteiger partial charge in [0.05, 0.1) is 16.7 Å². The first-order chi connectivity index (χ1) is 11.6. The Balaban J connectivity index is 1.29. The lowest BCUT2D eigenvalue weighted by Gasteiger charge is -2.47. The van der Waals surface area contributed by atoms with E-state index in [0.717, 1.165) is 18.5 Å². The Kier molecular flexibility index (Phi) is 4.52. The molecule has 0 radical (unpaired) electrons. The summed E-state index contributed by atoms with van der Waals surface area (Å²) in [6.07, 6.45) is 8.58. The molecule has 0 spiro atoms. The molecule has 3 atom stereocenters. The third-order valence-corrected chi connectivity index (χ3v) is 6.96. The third kappa shape index (κ3) is 3.45. The minimum atomic E-state index is -0.0453. The number of hydrogen-bond acceptors (Lipinski definition) is 4. The van der Waals surface area contributed by atoms with Crippen LogP contribution in [-0.2, 0) is 0 Å². The van der Waals surface area contributed by atoms with E-state index in [0.29, 0.717) is 24.0 Å². The Morgan fingerprint density at radius 2 is 2.00 bits per heavy atom. The van der Waals surface area contributed by atoms with Gasteiger partial charge in [0.1, 0.15) is 0 Å². The van der Waals surface area contributed by atoms with Crippen molar-refractivity contribution < 1.29 is 4.79 Å². The first-order valence-corrected chi connectivity index (χ1v) is 10.2. The van der Waals surface area contributed by atoms with Crippen LogP contribution in [0.5, 0.6) is 0 Å². The zero-order valence-electron chi connectivity index (χ0n) is 14.6. The Morgan fingerprint density at radius 3 is 2.67 bits per heavy atom. The average Bonchev–Trinajstić information content (AvgIpc) is 3.25. The molecule has 3 unspecified atom stereocenters. The summed E-state index contributed by atoms with van der Waals surface area (Å²) in [4.78, 5) is 19.6. The molecular weight excluding hydrogens is 320 g/mol. The lowest BCUT2D eigenvalue weighted by atomic mass is 9.82. The molecule has 5 nitrogen and oxygen atoms in total. The highest BCUT2D eigenvalue weighted by Crippen LogP contribution is 2.41. The summed E-state index contributed by atoms with van der Waals surface area (Å²) in [6, 6.07) is 1.51. The molecule has 1 saturated carbocycles. The van der Waals surface area contributed by atoms with E-state index >= 15 is 0 Å². The maximum absolute atomic E-state index is 12.4. The van der Waals surface area contributed by atoms with Crippen molar-refractivity contribution in [1.82, 2.24) is 20.5 Å². The number of carbonyl (C=O) groups is 1. The number of amides is 2. The monoisotopic (exact) mass is 348 g/mol. The molecule has 2 bridgehead atoms. The zero-order valence-corrected chi connectivity index (χ0v) is 15.4. The molecule has 1 aromatic heterocycles. The van der Waals surface area contributed by atoms with Crippen LogP contribution in [0.25, 0.3) is 0 Å². The minimum Gasteiger partial charge on any atom is -0.335 e. The van der Waals surface area contributed by atoms with E-state index in [1.165, 1.54) is 37.1 Å². The van der Waals surface area contributed by atoms with Crippen molar-refractivity contribution in [2.45, 2.75) is 82.0 Å². The number of hydrogen-bond donors (Lipinski definition) is 2. The molecule has 24 heavy (non-hydrogen) atoms. The van der Waals surface area contributed by atoms with Gasteiger partial charge in [0.15, 0.2) is 0 Å². The van der Waals surface area contributed by atoms with Gasteiger partial charge >= 0.3 is 6.03 Å². The van der Waals surface area contributed by atoms with Crippen LogP contribution < -0.4 is 10.6 Å². The van der Waals surface area contributed by atoms with Crippen LogP contribution in [0.3, 0.4) is 0 Å². The quantitative estimate of drug-likeness (QED) is 0.877. The smallest absolute Gasteiger partial charge is 0.315 e. The van der Waals surface area contributed by atoms with E-state index < -0.39 is 0 Å². The molecular formula is C18H28N4OS. The number of urea groups is 1. The number of fused-ring (bicyclic) bond motifs is 2. The van der Waals surface area contributed by atoms with Crippen molar-refractivity contribution in [3.05, 3.63) is 16.1 Å². The Hall–Kier alpha value is -1.14. The van der Waals surface area contributed by atoms with Crippen molar-refractivity contribution in [2.75, 3.05) is 7.05 Å². The van der Waals surface area contributed by atoms with Gasteiger partial charge in [-0.15, -0.1) is 11.3 Å². The summed E-state index contributed by atoms with van der Waals surface area (Å²) in [7, 11) is 2.24. The molecule has 1 aliphatic carbocycles. The Morgan fingerprint density at radius 1 is 1.29 bits per heavy atom. The lowest BCUT2D eigenvalue weighted by molar-refractivity contribution is 0.0508. The van der Waals surface area contributed by atoms with E-state index in [4.69, 9.17) is 4.98 Å². The fourth-order valence-corrected chi connectivity index (χ4v) is 5.33. The Bertz CT molecular complexity index is 586. The predicted octanol–water partition coefficient (Wildman–Crippen LogP) is 3.40. The SMILES string of the molecule is CC(NC(=O)NC1CC2CCCC(C1)N2C)c1csc(C2CC2)n1. The number of piperidine rings is 2. The summed E-state index contributed by atoms with van der Waals surface area (Å²) in [6.45, 7) is 2.02. The van der Waals surface area contributed by atoms with Crippen LogP contribution in [0, 0.1) is 0 Å². The van der Waals surface area contributed by atoms with Crippen LogP contribution in [0.2, 0.25) is 0 Å².